The summed E-state index contributed by atoms with van der Waals surface area (Å²) in [5.74, 6) is 2.81. The van der Waals surface area contributed by atoms with Gasteiger partial charge in [-0.05, 0) is 38.1 Å². The van der Waals surface area contributed by atoms with Crippen molar-refractivity contribution in [3.8, 4) is 0 Å². The Labute approximate surface area is 79.9 Å². The molecule has 2 rings (SSSR count). The summed E-state index contributed by atoms with van der Waals surface area (Å²) >= 11 is 2.14. The van der Waals surface area contributed by atoms with E-state index in [4.69, 9.17) is 0 Å². The molecule has 12 heavy (non-hydrogen) atoms. The summed E-state index contributed by atoms with van der Waals surface area (Å²) in [5, 5.41) is 0. The second kappa shape index (κ2) is 4.52. The maximum atomic E-state index is 2.74. The molecule has 1 atom stereocenters. The maximum Gasteiger partial charge on any atom is 0.0194 e. The smallest absolute Gasteiger partial charge is 0.0194 e. The highest BCUT2D eigenvalue weighted by atomic mass is 32.2. The first kappa shape index (κ1) is 8.89. The fraction of sp³-hybridized carbons (Fsp3) is 1.00. The van der Waals surface area contributed by atoms with Crippen LogP contribution in [0.25, 0.3) is 0 Å². The zero-order valence-corrected chi connectivity index (χ0v) is 8.61. The van der Waals surface area contributed by atoms with Crippen LogP contribution in [0.1, 0.15) is 32.1 Å². The largest absolute Gasteiger partial charge is 0.300 e. The van der Waals surface area contributed by atoms with Gasteiger partial charge in [0.15, 0.2) is 0 Å². The molecule has 0 N–H and O–H groups in total. The van der Waals surface area contributed by atoms with Crippen LogP contribution in [0.3, 0.4) is 0 Å². The molecule has 0 amide bonds. The Kier molecular flexibility index (Phi) is 3.35. The van der Waals surface area contributed by atoms with Crippen molar-refractivity contribution in [3.05, 3.63) is 0 Å². The van der Waals surface area contributed by atoms with Gasteiger partial charge in [-0.25, -0.2) is 0 Å². The summed E-state index contributed by atoms with van der Waals surface area (Å²) < 4.78 is 0. The highest BCUT2D eigenvalue weighted by Crippen LogP contribution is 2.24. The van der Waals surface area contributed by atoms with E-state index in [1.165, 1.54) is 56.7 Å². The molecule has 0 bridgehead atoms. The van der Waals surface area contributed by atoms with Crippen LogP contribution in [0.15, 0.2) is 0 Å². The Morgan fingerprint density at radius 2 is 1.75 bits per heavy atom. The molecular formula is C10H19NS. The molecule has 70 valence electrons. The Morgan fingerprint density at radius 3 is 2.33 bits per heavy atom. The van der Waals surface area contributed by atoms with E-state index >= 15 is 0 Å². The van der Waals surface area contributed by atoms with E-state index in [2.05, 4.69) is 16.7 Å². The van der Waals surface area contributed by atoms with Gasteiger partial charge in [0.05, 0.1) is 0 Å². The monoisotopic (exact) mass is 185 g/mol. The topological polar surface area (TPSA) is 3.24 Å². The van der Waals surface area contributed by atoms with Gasteiger partial charge in [-0.15, -0.1) is 0 Å². The zero-order valence-electron chi connectivity index (χ0n) is 7.80. The molecule has 2 heterocycles. The van der Waals surface area contributed by atoms with Gasteiger partial charge >= 0.3 is 0 Å². The molecule has 0 saturated carbocycles. The highest BCUT2D eigenvalue weighted by Gasteiger charge is 2.22. The molecule has 0 aliphatic carbocycles. The summed E-state index contributed by atoms with van der Waals surface area (Å²) in [6, 6.07) is 0.938. The van der Waals surface area contributed by atoms with Crippen LogP contribution in [0.4, 0.5) is 0 Å². The Balaban J connectivity index is 1.83. The van der Waals surface area contributed by atoms with Crippen LogP contribution in [0.5, 0.6) is 0 Å². The Hall–Kier alpha value is 0.310. The van der Waals surface area contributed by atoms with Crippen molar-refractivity contribution in [3.63, 3.8) is 0 Å². The zero-order chi connectivity index (χ0) is 8.23. The molecule has 2 fully saturated rings. The van der Waals surface area contributed by atoms with Crippen LogP contribution in [0, 0.1) is 0 Å². The summed E-state index contributed by atoms with van der Waals surface area (Å²) in [6.45, 7) is 2.76. The summed E-state index contributed by atoms with van der Waals surface area (Å²) in [7, 11) is 0. The van der Waals surface area contributed by atoms with E-state index in [-0.39, 0.29) is 0 Å². The van der Waals surface area contributed by atoms with Crippen molar-refractivity contribution in [2.24, 2.45) is 0 Å². The third-order valence-corrected chi connectivity index (χ3v) is 4.21. The van der Waals surface area contributed by atoms with Gasteiger partial charge in [-0.1, -0.05) is 12.8 Å². The molecule has 0 aromatic rings. The van der Waals surface area contributed by atoms with Crippen molar-refractivity contribution in [2.45, 2.75) is 38.1 Å². The molecule has 0 aromatic carbocycles. The normalized spacial score (nSPS) is 33.5. The number of hydrogen-bond donors (Lipinski definition) is 0. The quantitative estimate of drug-likeness (QED) is 0.617. The highest BCUT2D eigenvalue weighted by molar-refractivity contribution is 7.99. The average molecular weight is 185 g/mol. The lowest BCUT2D eigenvalue weighted by Crippen LogP contribution is -2.35. The van der Waals surface area contributed by atoms with Gasteiger partial charge in [-0.3, -0.25) is 4.90 Å². The fourth-order valence-electron chi connectivity index (χ4n) is 2.27. The molecule has 0 aromatic heterocycles. The molecule has 2 heteroatoms. The van der Waals surface area contributed by atoms with Gasteiger partial charge < -0.3 is 0 Å². The average Bonchev–Trinajstić information content (AvgIpc) is 2.48. The Bertz CT molecular complexity index is 124. The molecular weight excluding hydrogens is 166 g/mol. The van der Waals surface area contributed by atoms with Crippen molar-refractivity contribution >= 4 is 11.8 Å². The first-order valence-electron chi connectivity index (χ1n) is 5.28. The molecule has 0 radical (unpaired) electrons. The minimum atomic E-state index is 0.938. The summed E-state index contributed by atoms with van der Waals surface area (Å²) in [6.07, 6.45) is 7.28. The lowest BCUT2D eigenvalue weighted by molar-refractivity contribution is 0.221. The van der Waals surface area contributed by atoms with Crippen molar-refractivity contribution < 1.29 is 0 Å². The number of thioether (sulfide) groups is 1. The Morgan fingerprint density at radius 1 is 1.00 bits per heavy atom. The van der Waals surface area contributed by atoms with Crippen molar-refractivity contribution in [1.29, 1.82) is 0 Å². The number of likely N-dealkylation sites (tertiary alicyclic amines) is 1. The molecule has 0 spiro atoms. The predicted octanol–water partition coefficient (Wildman–Crippen LogP) is 2.37. The van der Waals surface area contributed by atoms with Gasteiger partial charge in [0.1, 0.15) is 0 Å². The third kappa shape index (κ3) is 2.17. The first-order valence-corrected chi connectivity index (χ1v) is 6.44. The number of rotatable bonds is 1. The first-order chi connectivity index (χ1) is 5.97. The van der Waals surface area contributed by atoms with E-state index in [0.717, 1.165) is 6.04 Å². The predicted molar refractivity (Wildman–Crippen MR) is 55.8 cm³/mol. The summed E-state index contributed by atoms with van der Waals surface area (Å²) in [4.78, 5) is 2.74. The molecule has 1 unspecified atom stereocenters. The third-order valence-electron chi connectivity index (χ3n) is 3.06. The van der Waals surface area contributed by atoms with Crippen LogP contribution in [0.2, 0.25) is 0 Å². The van der Waals surface area contributed by atoms with Gasteiger partial charge in [0, 0.05) is 11.8 Å². The maximum absolute atomic E-state index is 2.74. The van der Waals surface area contributed by atoms with Gasteiger partial charge in [0.25, 0.3) is 0 Å². The van der Waals surface area contributed by atoms with E-state index in [1.54, 1.807) is 0 Å². The second-order valence-electron chi connectivity index (χ2n) is 3.97. The van der Waals surface area contributed by atoms with Crippen molar-refractivity contribution in [2.75, 3.05) is 24.6 Å². The van der Waals surface area contributed by atoms with E-state index in [1.807, 2.05) is 0 Å². The van der Waals surface area contributed by atoms with E-state index in [9.17, 15) is 0 Å². The molecule has 2 aliphatic rings. The fourth-order valence-corrected chi connectivity index (χ4v) is 3.53. The van der Waals surface area contributed by atoms with Crippen LogP contribution >= 0.6 is 11.8 Å². The summed E-state index contributed by atoms with van der Waals surface area (Å²) in [5.41, 5.74) is 0. The number of hydrogen-bond acceptors (Lipinski definition) is 2. The second-order valence-corrected chi connectivity index (χ2v) is 5.12. The molecule has 2 aliphatic heterocycles. The molecule has 2 saturated heterocycles. The van der Waals surface area contributed by atoms with E-state index < -0.39 is 0 Å². The number of nitrogens with zero attached hydrogens (tertiary/aromatic N) is 1. The standard InChI is InChI=1S/C10H19NS/c1-2-4-7-11(6-3-1)10-5-8-12-9-10/h10H,1-9H2. The minimum Gasteiger partial charge on any atom is -0.300 e. The van der Waals surface area contributed by atoms with Crippen LogP contribution in [-0.4, -0.2) is 35.5 Å². The molecule has 1 nitrogen and oxygen atoms in total. The lowest BCUT2D eigenvalue weighted by atomic mass is 10.2. The SMILES string of the molecule is C1CCCN(C2CCSC2)CC1. The van der Waals surface area contributed by atoms with Gasteiger partial charge in [0.2, 0.25) is 0 Å². The van der Waals surface area contributed by atoms with Crippen LogP contribution < -0.4 is 0 Å². The lowest BCUT2D eigenvalue weighted by Gasteiger charge is -2.26. The van der Waals surface area contributed by atoms with Crippen LogP contribution in [-0.2, 0) is 0 Å². The van der Waals surface area contributed by atoms with E-state index in [0.29, 0.717) is 0 Å². The van der Waals surface area contributed by atoms with Crippen molar-refractivity contribution in [1.82, 2.24) is 4.90 Å². The minimum absolute atomic E-state index is 0.938. The van der Waals surface area contributed by atoms with Gasteiger partial charge in [-0.2, -0.15) is 11.8 Å².